The van der Waals surface area contributed by atoms with Gasteiger partial charge in [-0.25, -0.2) is 9.80 Å². The Balaban J connectivity index is 0.00000272. The van der Waals surface area contributed by atoms with Gasteiger partial charge in [-0.1, -0.05) is 19.1 Å². The molecule has 4 rings (SSSR count). The summed E-state index contributed by atoms with van der Waals surface area (Å²) in [6, 6.07) is 9.42. The molecule has 2 aliphatic heterocycles. The Hall–Kier alpha value is -2.97. The number of hydrazone groups is 1. The van der Waals surface area contributed by atoms with Crippen LogP contribution in [0.2, 0.25) is 0 Å². The molecule has 3 heterocycles. The zero-order valence-corrected chi connectivity index (χ0v) is 18.3. The minimum atomic E-state index is -0.138. The van der Waals surface area contributed by atoms with E-state index >= 15 is 0 Å². The van der Waals surface area contributed by atoms with E-state index < -0.39 is 0 Å². The number of hydrogen-bond acceptors (Lipinski definition) is 5. The number of fused-ring (bicyclic) bond motifs is 1. The summed E-state index contributed by atoms with van der Waals surface area (Å²) < 4.78 is 0. The summed E-state index contributed by atoms with van der Waals surface area (Å²) in [4.78, 5) is 30.7. The zero-order chi connectivity index (χ0) is 21.1. The van der Waals surface area contributed by atoms with Crippen LogP contribution >= 0.6 is 12.4 Å². The van der Waals surface area contributed by atoms with Crippen molar-refractivity contribution in [2.75, 3.05) is 18.4 Å². The number of rotatable bonds is 5. The molecule has 0 saturated carbocycles. The van der Waals surface area contributed by atoms with E-state index in [1.807, 2.05) is 43.5 Å². The van der Waals surface area contributed by atoms with E-state index in [9.17, 15) is 9.59 Å². The zero-order valence-electron chi connectivity index (χ0n) is 17.5. The Morgan fingerprint density at radius 1 is 1.19 bits per heavy atom. The van der Waals surface area contributed by atoms with E-state index in [-0.39, 0.29) is 30.3 Å². The number of benzene rings is 1. The minimum absolute atomic E-state index is 0. The first-order valence-corrected chi connectivity index (χ1v) is 10.2. The fraction of sp³-hybridized carbons (Fsp3) is 0.364. The molecule has 2 aromatic rings. The van der Waals surface area contributed by atoms with Crippen molar-refractivity contribution in [3.8, 4) is 0 Å². The molecule has 8 nitrogen and oxygen atoms in total. The van der Waals surface area contributed by atoms with Crippen LogP contribution in [0.3, 0.4) is 0 Å². The SMILES string of the molecule is CC1CC(=O)N(CCCN)N=C1c1ccc(NC(=O)N2Cc3ccncc3C2)cc1.Cl. The van der Waals surface area contributed by atoms with Gasteiger partial charge in [0, 0.05) is 50.1 Å². The standard InChI is InChI=1S/C22H26N6O2.ClH/c1-15-11-20(29)28(10-2-8-23)26-21(15)16-3-5-19(6-4-16)25-22(30)27-13-17-7-9-24-12-18(17)14-27;/h3-7,9,12,15H,2,8,10-11,13-14,23H2,1H3,(H,25,30);1H. The van der Waals surface area contributed by atoms with E-state index in [0.717, 1.165) is 34.5 Å². The second kappa shape index (κ2) is 9.89. The molecule has 3 N–H and O–H groups in total. The molecule has 31 heavy (non-hydrogen) atoms. The van der Waals surface area contributed by atoms with Crippen molar-refractivity contribution >= 4 is 35.7 Å². The van der Waals surface area contributed by atoms with E-state index in [4.69, 9.17) is 5.73 Å². The summed E-state index contributed by atoms with van der Waals surface area (Å²) in [6.07, 6.45) is 4.72. The molecule has 0 bridgehead atoms. The van der Waals surface area contributed by atoms with Crippen LogP contribution in [-0.4, -0.2) is 45.6 Å². The number of nitrogens with zero attached hydrogens (tertiary/aromatic N) is 4. The summed E-state index contributed by atoms with van der Waals surface area (Å²) in [5.74, 6) is 0.0779. The van der Waals surface area contributed by atoms with Crippen molar-refractivity contribution in [1.82, 2.24) is 14.9 Å². The largest absolute Gasteiger partial charge is 0.330 e. The van der Waals surface area contributed by atoms with Crippen LogP contribution in [0.5, 0.6) is 0 Å². The molecule has 1 unspecified atom stereocenters. The molecule has 0 saturated heterocycles. The van der Waals surface area contributed by atoms with Gasteiger partial charge in [0.05, 0.1) is 5.71 Å². The number of nitrogens with one attached hydrogen (secondary N) is 1. The third-order valence-corrected chi connectivity index (χ3v) is 5.48. The number of hydrogen-bond donors (Lipinski definition) is 2. The Kier molecular flexibility index (Phi) is 7.25. The molecule has 2 aliphatic rings. The Morgan fingerprint density at radius 2 is 1.94 bits per heavy atom. The fourth-order valence-electron chi connectivity index (χ4n) is 3.80. The second-order valence-corrected chi connectivity index (χ2v) is 7.76. The number of anilines is 1. The van der Waals surface area contributed by atoms with Gasteiger partial charge in [0.15, 0.2) is 0 Å². The van der Waals surface area contributed by atoms with Crippen molar-refractivity contribution in [2.24, 2.45) is 16.8 Å². The van der Waals surface area contributed by atoms with Crippen LogP contribution in [0, 0.1) is 5.92 Å². The van der Waals surface area contributed by atoms with E-state index in [1.165, 1.54) is 5.01 Å². The molecule has 0 aliphatic carbocycles. The Morgan fingerprint density at radius 3 is 2.65 bits per heavy atom. The average Bonchev–Trinajstić information content (AvgIpc) is 3.18. The van der Waals surface area contributed by atoms with Crippen LogP contribution in [0.4, 0.5) is 10.5 Å². The van der Waals surface area contributed by atoms with Gasteiger partial charge >= 0.3 is 6.03 Å². The van der Waals surface area contributed by atoms with Crippen LogP contribution in [0.25, 0.3) is 0 Å². The van der Waals surface area contributed by atoms with Gasteiger partial charge in [-0.05, 0) is 47.9 Å². The molecule has 0 spiro atoms. The summed E-state index contributed by atoms with van der Waals surface area (Å²) in [5.41, 5.74) is 10.3. The number of carbonyl (C=O) groups excluding carboxylic acids is 2. The van der Waals surface area contributed by atoms with E-state index in [2.05, 4.69) is 15.4 Å². The fourth-order valence-corrected chi connectivity index (χ4v) is 3.80. The number of amides is 3. The number of urea groups is 1. The summed E-state index contributed by atoms with van der Waals surface area (Å²) in [7, 11) is 0. The smallest absolute Gasteiger partial charge is 0.322 e. The normalized spacial score (nSPS) is 17.7. The van der Waals surface area contributed by atoms with Gasteiger partial charge in [0.1, 0.15) is 0 Å². The van der Waals surface area contributed by atoms with Gasteiger partial charge < -0.3 is 16.0 Å². The number of nitrogens with two attached hydrogens (primary N) is 1. The van der Waals surface area contributed by atoms with Crippen molar-refractivity contribution in [3.05, 3.63) is 59.4 Å². The maximum absolute atomic E-state index is 12.6. The highest BCUT2D eigenvalue weighted by atomic mass is 35.5. The highest BCUT2D eigenvalue weighted by Crippen LogP contribution is 2.24. The maximum Gasteiger partial charge on any atom is 0.322 e. The molecule has 164 valence electrons. The second-order valence-electron chi connectivity index (χ2n) is 7.76. The first-order valence-electron chi connectivity index (χ1n) is 10.2. The van der Waals surface area contributed by atoms with E-state index in [1.54, 1.807) is 11.1 Å². The highest BCUT2D eigenvalue weighted by molar-refractivity contribution is 6.06. The summed E-state index contributed by atoms with van der Waals surface area (Å²) in [6.45, 7) is 4.22. The number of carbonyl (C=O) groups is 2. The molecule has 0 radical (unpaired) electrons. The first kappa shape index (κ1) is 22.7. The molecular weight excluding hydrogens is 416 g/mol. The van der Waals surface area contributed by atoms with Crippen molar-refractivity contribution in [3.63, 3.8) is 0 Å². The lowest BCUT2D eigenvalue weighted by molar-refractivity contribution is -0.132. The molecular formula is C22H27ClN6O2. The minimum Gasteiger partial charge on any atom is -0.330 e. The van der Waals surface area contributed by atoms with Crippen LogP contribution in [0.1, 0.15) is 36.5 Å². The first-order chi connectivity index (χ1) is 14.5. The van der Waals surface area contributed by atoms with Crippen LogP contribution < -0.4 is 11.1 Å². The van der Waals surface area contributed by atoms with Crippen LogP contribution in [0.15, 0.2) is 47.8 Å². The topological polar surface area (TPSA) is 104 Å². The lowest BCUT2D eigenvalue weighted by atomic mass is 9.93. The molecule has 1 atom stereocenters. The summed E-state index contributed by atoms with van der Waals surface area (Å²) >= 11 is 0. The average molecular weight is 443 g/mol. The van der Waals surface area contributed by atoms with E-state index in [0.29, 0.717) is 32.6 Å². The van der Waals surface area contributed by atoms with Gasteiger partial charge in [-0.3, -0.25) is 9.78 Å². The lowest BCUT2D eigenvalue weighted by Crippen LogP contribution is -2.37. The lowest BCUT2D eigenvalue weighted by Gasteiger charge is -2.27. The van der Waals surface area contributed by atoms with Gasteiger partial charge in [-0.2, -0.15) is 5.10 Å². The van der Waals surface area contributed by atoms with Crippen molar-refractivity contribution in [2.45, 2.75) is 32.9 Å². The predicted molar refractivity (Wildman–Crippen MR) is 122 cm³/mol. The molecule has 3 amide bonds. The number of aromatic nitrogens is 1. The third kappa shape index (κ3) is 5.03. The van der Waals surface area contributed by atoms with Crippen LogP contribution in [-0.2, 0) is 17.9 Å². The quantitative estimate of drug-likeness (QED) is 0.742. The van der Waals surface area contributed by atoms with Gasteiger partial charge in [0.25, 0.3) is 0 Å². The Bertz CT molecular complexity index is 953. The summed E-state index contributed by atoms with van der Waals surface area (Å²) in [5, 5.41) is 9.05. The third-order valence-electron chi connectivity index (χ3n) is 5.48. The molecule has 1 aromatic heterocycles. The number of pyridine rings is 1. The monoisotopic (exact) mass is 442 g/mol. The maximum atomic E-state index is 12.6. The number of halogens is 1. The molecule has 1 aromatic carbocycles. The Labute approximate surface area is 187 Å². The van der Waals surface area contributed by atoms with Gasteiger partial charge in [0.2, 0.25) is 5.91 Å². The van der Waals surface area contributed by atoms with Crippen molar-refractivity contribution < 1.29 is 9.59 Å². The van der Waals surface area contributed by atoms with Crippen molar-refractivity contribution in [1.29, 1.82) is 0 Å². The molecule has 0 fully saturated rings. The van der Waals surface area contributed by atoms with Gasteiger partial charge in [-0.15, -0.1) is 12.4 Å². The molecule has 9 heteroatoms. The highest BCUT2D eigenvalue weighted by Gasteiger charge is 2.27. The predicted octanol–water partition coefficient (Wildman–Crippen LogP) is 2.97.